The van der Waals surface area contributed by atoms with Gasteiger partial charge in [-0.1, -0.05) is 66.9 Å². The van der Waals surface area contributed by atoms with Crippen molar-refractivity contribution >= 4 is 17.7 Å². The number of hydrogen-bond donors (Lipinski definition) is 2. The Balaban J connectivity index is 1.46. The molecular formula is C31H39N3O3. The number of nitrogens with two attached hydrogens (primary N) is 1. The van der Waals surface area contributed by atoms with Crippen molar-refractivity contribution in [3.63, 3.8) is 0 Å². The predicted octanol–water partition coefficient (Wildman–Crippen LogP) is 4.75. The number of primary amides is 1. The molecule has 0 bridgehead atoms. The lowest BCUT2D eigenvalue weighted by molar-refractivity contribution is -0.139. The van der Waals surface area contributed by atoms with Gasteiger partial charge in [-0.15, -0.1) is 6.58 Å². The molecule has 2 aliphatic rings. The summed E-state index contributed by atoms with van der Waals surface area (Å²) < 4.78 is 0. The molecule has 37 heavy (non-hydrogen) atoms. The Morgan fingerprint density at radius 3 is 2.51 bits per heavy atom. The molecule has 196 valence electrons. The van der Waals surface area contributed by atoms with Gasteiger partial charge in [0.2, 0.25) is 17.7 Å². The highest BCUT2D eigenvalue weighted by atomic mass is 16.2. The number of likely N-dealkylation sites (tertiary alicyclic amines) is 1. The Bertz CT molecular complexity index is 1120. The molecule has 6 nitrogen and oxygen atoms in total. The minimum absolute atomic E-state index is 0.0592. The zero-order valence-electron chi connectivity index (χ0n) is 21.8. The molecule has 4 rings (SSSR count). The average Bonchev–Trinajstić information content (AvgIpc) is 3.72. The average molecular weight is 502 g/mol. The van der Waals surface area contributed by atoms with Crippen molar-refractivity contribution < 1.29 is 14.4 Å². The molecule has 2 fully saturated rings. The predicted molar refractivity (Wildman–Crippen MR) is 146 cm³/mol. The van der Waals surface area contributed by atoms with E-state index in [1.165, 1.54) is 5.56 Å². The lowest BCUT2D eigenvalue weighted by Gasteiger charge is -2.28. The second-order valence-corrected chi connectivity index (χ2v) is 10.7. The molecule has 3 atom stereocenters. The van der Waals surface area contributed by atoms with Crippen LogP contribution in [0.4, 0.5) is 0 Å². The molecule has 0 radical (unpaired) electrons. The third-order valence-corrected chi connectivity index (χ3v) is 7.68. The van der Waals surface area contributed by atoms with E-state index in [0.717, 1.165) is 42.4 Å². The van der Waals surface area contributed by atoms with Crippen LogP contribution in [0.3, 0.4) is 0 Å². The fourth-order valence-corrected chi connectivity index (χ4v) is 5.32. The summed E-state index contributed by atoms with van der Waals surface area (Å²) >= 11 is 0. The maximum atomic E-state index is 13.6. The third kappa shape index (κ3) is 7.09. The number of allylic oxidation sites excluding steroid dienone is 1. The van der Waals surface area contributed by atoms with E-state index in [1.807, 2.05) is 17.0 Å². The minimum Gasteiger partial charge on any atom is -0.369 e. The third-order valence-electron chi connectivity index (χ3n) is 7.68. The highest BCUT2D eigenvalue weighted by Crippen LogP contribution is 2.38. The summed E-state index contributed by atoms with van der Waals surface area (Å²) in [4.78, 5) is 41.0. The fraction of sp³-hybridized carbons (Fsp3) is 0.452. The minimum atomic E-state index is -0.598. The summed E-state index contributed by atoms with van der Waals surface area (Å²) in [6.07, 6.45) is 7.13. The van der Waals surface area contributed by atoms with Crippen LogP contribution >= 0.6 is 0 Å². The highest BCUT2D eigenvalue weighted by Gasteiger charge is 2.38. The van der Waals surface area contributed by atoms with Crippen molar-refractivity contribution in [1.29, 1.82) is 0 Å². The lowest BCUT2D eigenvalue weighted by atomic mass is 9.83. The van der Waals surface area contributed by atoms with Crippen molar-refractivity contribution in [3.05, 3.63) is 72.3 Å². The van der Waals surface area contributed by atoms with Gasteiger partial charge in [-0.3, -0.25) is 14.4 Å². The van der Waals surface area contributed by atoms with Gasteiger partial charge in [0.25, 0.3) is 0 Å². The van der Waals surface area contributed by atoms with Crippen LogP contribution in [-0.2, 0) is 20.9 Å². The van der Waals surface area contributed by atoms with Crippen LogP contribution in [0.15, 0.2) is 61.2 Å². The summed E-state index contributed by atoms with van der Waals surface area (Å²) in [7, 11) is 0. The van der Waals surface area contributed by atoms with Gasteiger partial charge in [0.1, 0.15) is 6.04 Å². The van der Waals surface area contributed by atoms with Crippen LogP contribution in [0, 0.1) is 24.7 Å². The van der Waals surface area contributed by atoms with E-state index in [1.54, 1.807) is 6.08 Å². The first kappa shape index (κ1) is 26.6. The van der Waals surface area contributed by atoms with Gasteiger partial charge in [0, 0.05) is 13.1 Å². The van der Waals surface area contributed by atoms with Gasteiger partial charge in [-0.2, -0.15) is 0 Å². The number of carbonyl (C=O) groups excluding carboxylic acids is 3. The lowest BCUT2D eigenvalue weighted by Crippen LogP contribution is -2.50. The molecule has 3 N–H and O–H groups in total. The number of amides is 3. The summed E-state index contributed by atoms with van der Waals surface area (Å²) in [5.41, 5.74) is 10.2. The van der Waals surface area contributed by atoms with E-state index in [4.69, 9.17) is 5.73 Å². The fourth-order valence-electron chi connectivity index (χ4n) is 5.32. The number of nitrogens with zero attached hydrogens (tertiary/aromatic N) is 1. The van der Waals surface area contributed by atoms with Crippen molar-refractivity contribution in [2.75, 3.05) is 6.54 Å². The molecule has 0 unspecified atom stereocenters. The van der Waals surface area contributed by atoms with E-state index < -0.39 is 23.8 Å². The van der Waals surface area contributed by atoms with Crippen LogP contribution in [0.1, 0.15) is 56.1 Å². The number of benzene rings is 2. The number of nitrogens with one attached hydrogen (secondary N) is 1. The molecule has 1 aliphatic heterocycles. The van der Waals surface area contributed by atoms with Crippen LogP contribution in [-0.4, -0.2) is 35.2 Å². The molecule has 1 saturated carbocycles. The summed E-state index contributed by atoms with van der Waals surface area (Å²) in [6, 6.07) is 16.1. The number of aryl methyl sites for hydroxylation is 1. The molecule has 3 amide bonds. The molecule has 1 heterocycles. The maximum Gasteiger partial charge on any atom is 0.245 e. The van der Waals surface area contributed by atoms with Crippen LogP contribution in [0.2, 0.25) is 0 Å². The Hall–Kier alpha value is -3.41. The zero-order valence-corrected chi connectivity index (χ0v) is 21.8. The van der Waals surface area contributed by atoms with E-state index in [2.05, 4.69) is 55.2 Å². The number of carbonyl (C=O) groups is 3. The standard InChI is InChI=1S/C31H39N3O3/c1-3-7-26(29(32)35)27(19-22-13-14-22)30(36)33-28-10-4-5-17-34(31(28)37)20-23-8-6-9-25(18-23)24-15-11-21(2)12-16-24/h3,6,8-9,11-12,15-16,18,22,26-28H,1,4-5,7,10,13-14,17,19-20H2,2H3,(H2,32,35)(H,33,36)/t26-,27+,28-/m0/s1. The van der Waals surface area contributed by atoms with Crippen LogP contribution < -0.4 is 11.1 Å². The highest BCUT2D eigenvalue weighted by molar-refractivity contribution is 5.91. The quantitative estimate of drug-likeness (QED) is 0.435. The normalized spacial score (nSPS) is 19.5. The van der Waals surface area contributed by atoms with E-state index in [0.29, 0.717) is 38.3 Å². The molecule has 1 saturated heterocycles. The number of hydrogen-bond acceptors (Lipinski definition) is 3. The summed E-state index contributed by atoms with van der Waals surface area (Å²) in [6.45, 7) is 6.97. The molecular weight excluding hydrogens is 462 g/mol. The van der Waals surface area contributed by atoms with Crippen molar-refractivity contribution in [2.45, 2.75) is 64.5 Å². The second-order valence-electron chi connectivity index (χ2n) is 10.7. The van der Waals surface area contributed by atoms with Crippen molar-refractivity contribution in [1.82, 2.24) is 10.2 Å². The van der Waals surface area contributed by atoms with Gasteiger partial charge < -0.3 is 16.0 Å². The van der Waals surface area contributed by atoms with Crippen molar-refractivity contribution in [3.8, 4) is 11.1 Å². The first-order chi connectivity index (χ1) is 17.9. The molecule has 6 heteroatoms. The Morgan fingerprint density at radius 1 is 1.08 bits per heavy atom. The monoisotopic (exact) mass is 501 g/mol. The van der Waals surface area contributed by atoms with E-state index in [9.17, 15) is 14.4 Å². The van der Waals surface area contributed by atoms with Crippen LogP contribution in [0.5, 0.6) is 0 Å². The van der Waals surface area contributed by atoms with Gasteiger partial charge in [-0.25, -0.2) is 0 Å². The molecule has 0 spiro atoms. The van der Waals surface area contributed by atoms with Crippen LogP contribution in [0.25, 0.3) is 11.1 Å². The molecule has 2 aromatic rings. The van der Waals surface area contributed by atoms with Gasteiger partial charge in [0.05, 0.1) is 11.8 Å². The van der Waals surface area contributed by atoms with Gasteiger partial charge in [0.15, 0.2) is 0 Å². The summed E-state index contributed by atoms with van der Waals surface area (Å²) in [5, 5.41) is 3.02. The second kappa shape index (κ2) is 12.2. The van der Waals surface area contributed by atoms with Gasteiger partial charge >= 0.3 is 0 Å². The molecule has 0 aromatic heterocycles. The van der Waals surface area contributed by atoms with E-state index >= 15 is 0 Å². The molecule has 2 aromatic carbocycles. The Morgan fingerprint density at radius 2 is 1.84 bits per heavy atom. The first-order valence-electron chi connectivity index (χ1n) is 13.5. The topological polar surface area (TPSA) is 92.5 Å². The largest absolute Gasteiger partial charge is 0.369 e. The Labute approximate surface area is 220 Å². The number of rotatable bonds is 11. The van der Waals surface area contributed by atoms with E-state index in [-0.39, 0.29) is 11.8 Å². The Kier molecular flexibility index (Phi) is 8.80. The molecule has 1 aliphatic carbocycles. The summed E-state index contributed by atoms with van der Waals surface area (Å²) in [5.74, 6) is -1.46. The first-order valence-corrected chi connectivity index (χ1v) is 13.5. The zero-order chi connectivity index (χ0) is 26.4. The van der Waals surface area contributed by atoms with Crippen molar-refractivity contribution in [2.24, 2.45) is 23.5 Å². The SMILES string of the molecule is C=CC[C@H](C(N)=O)[C@@H](CC1CC1)C(=O)N[C@H]1CCCCN(Cc2cccc(-c3ccc(C)cc3)c2)C1=O. The smallest absolute Gasteiger partial charge is 0.245 e. The van der Waals surface area contributed by atoms with Gasteiger partial charge in [-0.05, 0) is 67.7 Å². The maximum absolute atomic E-state index is 13.6.